The van der Waals surface area contributed by atoms with Gasteiger partial charge in [-0.15, -0.1) is 0 Å². The van der Waals surface area contributed by atoms with Crippen molar-refractivity contribution in [3.63, 3.8) is 0 Å². The molecule has 1 aromatic heterocycles. The Morgan fingerprint density at radius 3 is 2.50 bits per heavy atom. The average Bonchev–Trinajstić information content (AvgIpc) is 2.23. The summed E-state index contributed by atoms with van der Waals surface area (Å²) in [6.45, 7) is 5.49. The first-order valence-corrected chi connectivity index (χ1v) is 5.46. The van der Waals surface area contributed by atoms with Gasteiger partial charge in [-0.3, -0.25) is 4.79 Å². The summed E-state index contributed by atoms with van der Waals surface area (Å²) in [7, 11) is 0. The minimum Gasteiger partial charge on any atom is -0.294 e. The second kappa shape index (κ2) is 3.87. The predicted molar refractivity (Wildman–Crippen MR) is 66.2 cm³/mol. The largest absolute Gasteiger partial charge is 0.294 e. The molecule has 0 spiro atoms. The number of aromatic nitrogens is 1. The molecule has 3 heteroatoms. The summed E-state index contributed by atoms with van der Waals surface area (Å²) in [6, 6.07) is 5.86. The normalized spacial score (nSPS) is 10.8. The Balaban J connectivity index is 2.89. The fraction of sp³-hybridized carbons (Fsp3) is 0.231. The van der Waals surface area contributed by atoms with Crippen molar-refractivity contribution in [2.24, 2.45) is 0 Å². The van der Waals surface area contributed by atoms with Gasteiger partial charge in [-0.2, -0.15) is 0 Å². The Morgan fingerprint density at radius 2 is 1.88 bits per heavy atom. The highest BCUT2D eigenvalue weighted by molar-refractivity contribution is 6.33. The quantitative estimate of drug-likeness (QED) is 0.555. The number of benzene rings is 1. The van der Waals surface area contributed by atoms with E-state index in [0.29, 0.717) is 5.56 Å². The molecule has 1 aromatic carbocycles. The number of hydrogen-bond acceptors (Lipinski definition) is 2. The van der Waals surface area contributed by atoms with Crippen LogP contribution in [0.5, 0.6) is 0 Å². The molecule has 0 N–H and O–H groups in total. The lowest BCUT2D eigenvalue weighted by Crippen LogP contribution is -1.98. The highest BCUT2D eigenvalue weighted by atomic mass is 35.5. The zero-order valence-corrected chi connectivity index (χ0v) is 10.2. The Labute approximate surface area is 99.3 Å². The molecule has 82 valence electrons. The van der Waals surface area contributed by atoms with E-state index in [9.17, 15) is 4.79 Å². The number of Topliss-reactive ketones (excluding diaryl/α,β-unsaturated/α-hetero) is 1. The van der Waals surface area contributed by atoms with E-state index in [1.807, 2.05) is 32.0 Å². The van der Waals surface area contributed by atoms with Crippen LogP contribution in [0.1, 0.15) is 28.4 Å². The number of fused-ring (bicyclic) bond motifs is 1. The van der Waals surface area contributed by atoms with Crippen LogP contribution in [-0.4, -0.2) is 10.8 Å². The van der Waals surface area contributed by atoms with E-state index in [1.54, 1.807) is 0 Å². The lowest BCUT2D eigenvalue weighted by molar-refractivity contribution is 0.101. The standard InChI is InChI=1S/C13H12ClNO/c1-7-4-5-8(2)12-10(7)6-11(9(3)16)13(14)15-12/h4-6H,1-3H3. The zero-order valence-electron chi connectivity index (χ0n) is 9.47. The van der Waals surface area contributed by atoms with Gasteiger partial charge in [-0.05, 0) is 38.0 Å². The molecule has 1 heterocycles. The van der Waals surface area contributed by atoms with E-state index in [-0.39, 0.29) is 10.9 Å². The molecule has 0 aliphatic carbocycles. The number of rotatable bonds is 1. The number of carbonyl (C=O) groups excluding carboxylic acids is 1. The van der Waals surface area contributed by atoms with Gasteiger partial charge >= 0.3 is 0 Å². The molecule has 0 saturated heterocycles. The summed E-state index contributed by atoms with van der Waals surface area (Å²) in [5.41, 5.74) is 3.53. The van der Waals surface area contributed by atoms with Crippen molar-refractivity contribution in [2.75, 3.05) is 0 Å². The second-order valence-corrected chi connectivity index (χ2v) is 4.34. The summed E-state index contributed by atoms with van der Waals surface area (Å²) >= 11 is 5.99. The first-order chi connectivity index (χ1) is 7.50. The molecule has 0 aliphatic heterocycles. The van der Waals surface area contributed by atoms with Gasteiger partial charge in [-0.1, -0.05) is 23.7 Å². The van der Waals surface area contributed by atoms with Crippen LogP contribution in [0.25, 0.3) is 10.9 Å². The Hall–Kier alpha value is -1.41. The number of pyridine rings is 1. The van der Waals surface area contributed by atoms with Crippen molar-refractivity contribution in [1.82, 2.24) is 4.98 Å². The minimum atomic E-state index is -0.0553. The van der Waals surface area contributed by atoms with Gasteiger partial charge in [0.1, 0.15) is 5.15 Å². The number of halogens is 1. The molecule has 2 aromatic rings. The number of hydrogen-bond donors (Lipinski definition) is 0. The van der Waals surface area contributed by atoms with Gasteiger partial charge in [0, 0.05) is 5.39 Å². The molecule has 2 rings (SSSR count). The first kappa shape index (κ1) is 11.1. The molecular weight excluding hydrogens is 222 g/mol. The van der Waals surface area contributed by atoms with Gasteiger partial charge in [0.05, 0.1) is 11.1 Å². The fourth-order valence-electron chi connectivity index (χ4n) is 1.76. The molecule has 0 saturated carbocycles. The van der Waals surface area contributed by atoms with Crippen molar-refractivity contribution in [1.29, 1.82) is 0 Å². The van der Waals surface area contributed by atoms with Crippen molar-refractivity contribution in [3.05, 3.63) is 40.0 Å². The van der Waals surface area contributed by atoms with Crippen LogP contribution in [0.4, 0.5) is 0 Å². The SMILES string of the molecule is CC(=O)c1cc2c(C)ccc(C)c2nc1Cl. The van der Waals surface area contributed by atoms with Crippen molar-refractivity contribution in [2.45, 2.75) is 20.8 Å². The van der Waals surface area contributed by atoms with Crippen molar-refractivity contribution >= 4 is 28.3 Å². The van der Waals surface area contributed by atoms with E-state index in [0.717, 1.165) is 22.0 Å². The molecule has 2 nitrogen and oxygen atoms in total. The first-order valence-electron chi connectivity index (χ1n) is 5.08. The number of carbonyl (C=O) groups is 1. The third-order valence-electron chi connectivity index (χ3n) is 2.74. The van der Waals surface area contributed by atoms with Crippen molar-refractivity contribution in [3.8, 4) is 0 Å². The summed E-state index contributed by atoms with van der Waals surface area (Å²) in [6.07, 6.45) is 0. The molecule has 0 amide bonds. The van der Waals surface area contributed by atoms with Crippen LogP contribution in [0.15, 0.2) is 18.2 Å². The summed E-state index contributed by atoms with van der Waals surface area (Å²) < 4.78 is 0. The van der Waals surface area contributed by atoms with Gasteiger partial charge in [0.15, 0.2) is 5.78 Å². The monoisotopic (exact) mass is 233 g/mol. The van der Waals surface area contributed by atoms with Gasteiger partial charge in [-0.25, -0.2) is 4.98 Å². The maximum absolute atomic E-state index is 11.4. The molecule has 0 unspecified atom stereocenters. The van der Waals surface area contributed by atoms with Gasteiger partial charge in [0.2, 0.25) is 0 Å². The highest BCUT2D eigenvalue weighted by Crippen LogP contribution is 2.25. The van der Waals surface area contributed by atoms with Crippen LogP contribution in [0.2, 0.25) is 5.15 Å². The molecule has 0 atom stereocenters. The van der Waals surface area contributed by atoms with Crippen molar-refractivity contribution < 1.29 is 4.79 Å². The van der Waals surface area contributed by atoms with E-state index in [2.05, 4.69) is 4.98 Å². The highest BCUT2D eigenvalue weighted by Gasteiger charge is 2.11. The van der Waals surface area contributed by atoms with Crippen LogP contribution >= 0.6 is 11.6 Å². The molecule has 0 bridgehead atoms. The number of ketones is 1. The molecule has 16 heavy (non-hydrogen) atoms. The van der Waals surface area contributed by atoms with Gasteiger partial charge in [0.25, 0.3) is 0 Å². The number of aryl methyl sites for hydroxylation is 2. The predicted octanol–water partition coefficient (Wildman–Crippen LogP) is 3.71. The topological polar surface area (TPSA) is 30.0 Å². The number of nitrogens with zero attached hydrogens (tertiary/aromatic N) is 1. The molecular formula is C13H12ClNO. The van der Waals surface area contributed by atoms with E-state index in [1.165, 1.54) is 6.92 Å². The van der Waals surface area contributed by atoms with E-state index >= 15 is 0 Å². The maximum Gasteiger partial charge on any atom is 0.162 e. The lowest BCUT2D eigenvalue weighted by atomic mass is 10.0. The summed E-state index contributed by atoms with van der Waals surface area (Å²) in [5, 5.41) is 1.28. The Morgan fingerprint density at radius 1 is 1.25 bits per heavy atom. The van der Waals surface area contributed by atoms with Crippen LogP contribution in [0.3, 0.4) is 0 Å². The maximum atomic E-state index is 11.4. The van der Waals surface area contributed by atoms with E-state index in [4.69, 9.17) is 11.6 Å². The molecule has 0 radical (unpaired) electrons. The van der Waals surface area contributed by atoms with Crippen LogP contribution < -0.4 is 0 Å². The van der Waals surface area contributed by atoms with Crippen LogP contribution in [-0.2, 0) is 0 Å². The smallest absolute Gasteiger partial charge is 0.162 e. The van der Waals surface area contributed by atoms with Gasteiger partial charge < -0.3 is 0 Å². The minimum absolute atomic E-state index is 0.0553. The van der Waals surface area contributed by atoms with Crippen LogP contribution in [0, 0.1) is 13.8 Å². The lowest BCUT2D eigenvalue weighted by Gasteiger charge is -2.07. The molecule has 0 aliphatic rings. The zero-order chi connectivity index (χ0) is 11.9. The fourth-order valence-corrected chi connectivity index (χ4v) is 2.03. The Kier molecular flexibility index (Phi) is 2.68. The summed E-state index contributed by atoms with van der Waals surface area (Å²) in [4.78, 5) is 15.7. The van der Waals surface area contributed by atoms with E-state index < -0.39 is 0 Å². The average molecular weight is 234 g/mol. The second-order valence-electron chi connectivity index (χ2n) is 3.98. The molecule has 0 fully saturated rings. The Bertz CT molecular complexity index is 590. The third-order valence-corrected chi connectivity index (χ3v) is 3.03. The third kappa shape index (κ3) is 1.69. The summed E-state index contributed by atoms with van der Waals surface area (Å²) in [5.74, 6) is -0.0553.